The quantitative estimate of drug-likeness (QED) is 0.820. The van der Waals surface area contributed by atoms with Crippen molar-refractivity contribution in [3.05, 3.63) is 17.3 Å². The van der Waals surface area contributed by atoms with Crippen molar-refractivity contribution in [2.75, 3.05) is 11.9 Å². The SMILES string of the molecule is CC(C)CC1(CNc2nc(Cl)ncc2F)CCCC1. The van der Waals surface area contributed by atoms with E-state index in [1.54, 1.807) is 0 Å². The summed E-state index contributed by atoms with van der Waals surface area (Å²) in [6, 6.07) is 0. The minimum Gasteiger partial charge on any atom is -0.367 e. The minimum absolute atomic E-state index is 0.0771. The number of halogens is 2. The lowest BCUT2D eigenvalue weighted by Gasteiger charge is -2.31. The van der Waals surface area contributed by atoms with Gasteiger partial charge in [0.05, 0.1) is 6.20 Å². The topological polar surface area (TPSA) is 37.8 Å². The van der Waals surface area contributed by atoms with Crippen LogP contribution in [-0.2, 0) is 0 Å². The Labute approximate surface area is 119 Å². The van der Waals surface area contributed by atoms with E-state index in [2.05, 4.69) is 29.1 Å². The molecule has 1 heterocycles. The summed E-state index contributed by atoms with van der Waals surface area (Å²) in [6.07, 6.45) is 7.22. The van der Waals surface area contributed by atoms with Gasteiger partial charge in [-0.15, -0.1) is 0 Å². The fourth-order valence-corrected chi connectivity index (χ4v) is 3.32. The van der Waals surface area contributed by atoms with Crippen LogP contribution in [-0.4, -0.2) is 16.5 Å². The van der Waals surface area contributed by atoms with E-state index in [0.717, 1.165) is 12.7 Å². The lowest BCUT2D eigenvalue weighted by atomic mass is 9.78. The molecule has 0 spiro atoms. The van der Waals surface area contributed by atoms with E-state index in [1.807, 2.05) is 0 Å². The molecule has 0 amide bonds. The highest BCUT2D eigenvalue weighted by atomic mass is 35.5. The third-order valence-electron chi connectivity index (χ3n) is 3.85. The van der Waals surface area contributed by atoms with E-state index >= 15 is 0 Å². The van der Waals surface area contributed by atoms with Gasteiger partial charge in [0.15, 0.2) is 11.6 Å². The molecule has 2 rings (SSSR count). The van der Waals surface area contributed by atoms with E-state index in [1.165, 1.54) is 32.1 Å². The Morgan fingerprint density at radius 3 is 2.74 bits per heavy atom. The Morgan fingerprint density at radius 1 is 1.42 bits per heavy atom. The van der Waals surface area contributed by atoms with Gasteiger partial charge >= 0.3 is 0 Å². The van der Waals surface area contributed by atoms with Crippen LogP contribution in [0, 0.1) is 17.2 Å². The van der Waals surface area contributed by atoms with Crippen molar-refractivity contribution in [2.45, 2.75) is 46.0 Å². The summed E-state index contributed by atoms with van der Waals surface area (Å²) >= 11 is 5.70. The number of aromatic nitrogens is 2. The van der Waals surface area contributed by atoms with E-state index in [4.69, 9.17) is 11.6 Å². The van der Waals surface area contributed by atoms with E-state index in [-0.39, 0.29) is 16.5 Å². The Bertz CT molecular complexity index is 431. The average Bonchev–Trinajstić information content (AvgIpc) is 2.78. The number of rotatable bonds is 5. The van der Waals surface area contributed by atoms with Gasteiger partial charge in [-0.3, -0.25) is 0 Å². The summed E-state index contributed by atoms with van der Waals surface area (Å²) in [5, 5.41) is 3.21. The first-order valence-corrected chi connectivity index (χ1v) is 7.30. The summed E-state index contributed by atoms with van der Waals surface area (Å²) in [7, 11) is 0. The maximum absolute atomic E-state index is 13.6. The van der Waals surface area contributed by atoms with E-state index in [9.17, 15) is 4.39 Å². The number of hydrogen-bond acceptors (Lipinski definition) is 3. The zero-order valence-electron chi connectivity index (χ0n) is 11.5. The molecule has 0 radical (unpaired) electrons. The van der Waals surface area contributed by atoms with Crippen molar-refractivity contribution in [1.82, 2.24) is 9.97 Å². The van der Waals surface area contributed by atoms with Crippen LogP contribution < -0.4 is 5.32 Å². The molecule has 1 aromatic rings. The van der Waals surface area contributed by atoms with Gasteiger partial charge < -0.3 is 5.32 Å². The maximum Gasteiger partial charge on any atom is 0.224 e. The van der Waals surface area contributed by atoms with Crippen LogP contribution in [0.2, 0.25) is 5.28 Å². The van der Waals surface area contributed by atoms with Crippen LogP contribution in [0.1, 0.15) is 46.0 Å². The highest BCUT2D eigenvalue weighted by Gasteiger charge is 2.34. The highest BCUT2D eigenvalue weighted by molar-refractivity contribution is 6.28. The van der Waals surface area contributed by atoms with Crippen molar-refractivity contribution < 1.29 is 4.39 Å². The molecule has 3 nitrogen and oxygen atoms in total. The summed E-state index contributed by atoms with van der Waals surface area (Å²) in [5.74, 6) is 0.427. The molecule has 0 atom stereocenters. The third kappa shape index (κ3) is 3.78. The molecule has 1 aromatic heterocycles. The molecule has 0 bridgehead atoms. The third-order valence-corrected chi connectivity index (χ3v) is 4.03. The summed E-state index contributed by atoms with van der Waals surface area (Å²) in [6.45, 7) is 5.24. The summed E-state index contributed by atoms with van der Waals surface area (Å²) in [4.78, 5) is 7.54. The van der Waals surface area contributed by atoms with Crippen LogP contribution in [0.4, 0.5) is 10.2 Å². The average molecular weight is 286 g/mol. The van der Waals surface area contributed by atoms with Crippen molar-refractivity contribution in [2.24, 2.45) is 11.3 Å². The maximum atomic E-state index is 13.6. The molecule has 0 saturated heterocycles. The summed E-state index contributed by atoms with van der Waals surface area (Å²) < 4.78 is 13.6. The van der Waals surface area contributed by atoms with Crippen molar-refractivity contribution in [1.29, 1.82) is 0 Å². The van der Waals surface area contributed by atoms with Gasteiger partial charge in [0, 0.05) is 6.54 Å². The Kier molecular flexibility index (Phi) is 4.61. The lowest BCUT2D eigenvalue weighted by Crippen LogP contribution is -2.29. The van der Waals surface area contributed by atoms with Crippen LogP contribution >= 0.6 is 11.6 Å². The standard InChI is InChI=1S/C14H21ClFN3/c1-10(2)7-14(5-3-4-6-14)9-18-12-11(16)8-17-13(15)19-12/h8,10H,3-7,9H2,1-2H3,(H,17,18,19). The zero-order valence-corrected chi connectivity index (χ0v) is 12.3. The zero-order chi connectivity index (χ0) is 13.9. The number of anilines is 1. The van der Waals surface area contributed by atoms with Crippen LogP contribution in [0.15, 0.2) is 6.20 Å². The molecular weight excluding hydrogens is 265 g/mol. The fourth-order valence-electron chi connectivity index (χ4n) is 3.18. The second-order valence-corrected chi connectivity index (χ2v) is 6.33. The van der Waals surface area contributed by atoms with Crippen LogP contribution in [0.25, 0.3) is 0 Å². The lowest BCUT2D eigenvalue weighted by molar-refractivity contribution is 0.252. The first-order valence-electron chi connectivity index (χ1n) is 6.93. The Balaban J connectivity index is 2.04. The Hall–Kier alpha value is -0.900. The number of nitrogens with zero attached hydrogens (tertiary/aromatic N) is 2. The normalized spacial score (nSPS) is 17.9. The summed E-state index contributed by atoms with van der Waals surface area (Å²) in [5.41, 5.74) is 0.276. The Morgan fingerprint density at radius 2 is 2.11 bits per heavy atom. The minimum atomic E-state index is -0.443. The second-order valence-electron chi connectivity index (χ2n) is 5.99. The monoisotopic (exact) mass is 285 g/mol. The molecule has 19 heavy (non-hydrogen) atoms. The van der Waals surface area contributed by atoms with Gasteiger partial charge in [-0.05, 0) is 42.2 Å². The molecule has 0 aliphatic heterocycles. The first kappa shape index (κ1) is 14.5. The van der Waals surface area contributed by atoms with Gasteiger partial charge in [-0.2, -0.15) is 4.98 Å². The van der Waals surface area contributed by atoms with E-state index < -0.39 is 5.82 Å². The molecule has 1 saturated carbocycles. The second kappa shape index (κ2) is 6.04. The molecule has 1 N–H and O–H groups in total. The van der Waals surface area contributed by atoms with Crippen molar-refractivity contribution in [3.8, 4) is 0 Å². The van der Waals surface area contributed by atoms with Crippen LogP contribution in [0.5, 0.6) is 0 Å². The van der Waals surface area contributed by atoms with Crippen molar-refractivity contribution in [3.63, 3.8) is 0 Å². The predicted molar refractivity (Wildman–Crippen MR) is 75.8 cm³/mol. The molecule has 5 heteroatoms. The molecule has 106 valence electrons. The molecule has 0 unspecified atom stereocenters. The molecule has 1 aliphatic rings. The predicted octanol–water partition coefficient (Wildman–Crippen LogP) is 4.29. The molecular formula is C14H21ClFN3. The van der Waals surface area contributed by atoms with Crippen molar-refractivity contribution >= 4 is 17.4 Å². The largest absolute Gasteiger partial charge is 0.367 e. The van der Waals surface area contributed by atoms with Gasteiger partial charge in [0.25, 0.3) is 0 Å². The molecule has 1 fully saturated rings. The smallest absolute Gasteiger partial charge is 0.224 e. The highest BCUT2D eigenvalue weighted by Crippen LogP contribution is 2.43. The van der Waals surface area contributed by atoms with Gasteiger partial charge in [-0.1, -0.05) is 26.7 Å². The van der Waals surface area contributed by atoms with Crippen LogP contribution in [0.3, 0.4) is 0 Å². The number of hydrogen-bond donors (Lipinski definition) is 1. The van der Waals surface area contributed by atoms with E-state index in [0.29, 0.717) is 5.92 Å². The van der Waals surface area contributed by atoms with Gasteiger partial charge in [0.2, 0.25) is 5.28 Å². The molecule has 1 aliphatic carbocycles. The fraction of sp³-hybridized carbons (Fsp3) is 0.714. The molecule has 0 aromatic carbocycles. The van der Waals surface area contributed by atoms with Gasteiger partial charge in [-0.25, -0.2) is 9.37 Å². The first-order chi connectivity index (χ1) is 9.01. The number of nitrogens with one attached hydrogen (secondary N) is 1. The van der Waals surface area contributed by atoms with Gasteiger partial charge in [0.1, 0.15) is 0 Å².